The zero-order valence-electron chi connectivity index (χ0n) is 6.77. The van der Waals surface area contributed by atoms with Crippen molar-refractivity contribution in [3.05, 3.63) is 29.8 Å². The highest BCUT2D eigenvalue weighted by molar-refractivity contribution is 14.1. The zero-order chi connectivity index (χ0) is 9.90. The largest absolute Gasteiger partial charge is 0.294 e. The second kappa shape index (κ2) is 4.39. The van der Waals surface area contributed by atoms with Crippen LogP contribution in [0.1, 0.15) is 5.56 Å². The summed E-state index contributed by atoms with van der Waals surface area (Å²) < 4.78 is 31.0. The highest BCUT2D eigenvalue weighted by atomic mass is 127. The summed E-state index contributed by atoms with van der Waals surface area (Å²) in [7, 11) is -4.04. The highest BCUT2D eigenvalue weighted by Gasteiger charge is 2.07. The van der Waals surface area contributed by atoms with Gasteiger partial charge >= 0.3 is 0 Å². The number of rotatable bonds is 3. The van der Waals surface area contributed by atoms with Crippen LogP contribution in [0.2, 0.25) is 0 Å². The van der Waals surface area contributed by atoms with E-state index in [1.807, 2.05) is 0 Å². The van der Waals surface area contributed by atoms with Crippen molar-refractivity contribution in [2.24, 2.45) is 0 Å². The summed E-state index contributed by atoms with van der Waals surface area (Å²) in [6.07, 6.45) is 0.909. The van der Waals surface area contributed by atoms with E-state index in [1.165, 1.54) is 12.1 Å². The normalized spacial score (nSPS) is 11.5. The molecule has 0 aromatic heterocycles. The number of alkyl halides is 1. The van der Waals surface area contributed by atoms with Gasteiger partial charge in [0.2, 0.25) is 0 Å². The molecule has 3 nitrogen and oxygen atoms in total. The lowest BCUT2D eigenvalue weighted by atomic mass is 10.2. The van der Waals surface area contributed by atoms with Gasteiger partial charge in [-0.15, -0.1) is 0 Å². The molecule has 0 spiro atoms. The van der Waals surface area contributed by atoms with Crippen LogP contribution in [0.25, 0.3) is 0 Å². The molecular weight excluding hydrogens is 303 g/mol. The van der Waals surface area contributed by atoms with Gasteiger partial charge in [-0.2, -0.15) is 8.42 Å². The number of hydrogen-bond acceptors (Lipinski definition) is 2. The number of aryl methyl sites for hydroxylation is 1. The zero-order valence-corrected chi connectivity index (χ0v) is 9.75. The van der Waals surface area contributed by atoms with Gasteiger partial charge in [0.25, 0.3) is 10.1 Å². The van der Waals surface area contributed by atoms with E-state index in [4.69, 9.17) is 4.55 Å². The molecule has 1 rings (SSSR count). The molecule has 0 fully saturated rings. The molecule has 13 heavy (non-hydrogen) atoms. The van der Waals surface area contributed by atoms with Crippen LogP contribution < -0.4 is 0 Å². The Hall–Kier alpha value is -0.140. The first-order valence-electron chi connectivity index (χ1n) is 3.66. The van der Waals surface area contributed by atoms with Gasteiger partial charge in [-0.1, -0.05) is 34.7 Å². The van der Waals surface area contributed by atoms with Crippen LogP contribution >= 0.6 is 22.6 Å². The van der Waals surface area contributed by atoms with Crippen LogP contribution in [-0.4, -0.2) is 17.4 Å². The minimum Gasteiger partial charge on any atom is -0.282 e. The first kappa shape index (κ1) is 10.9. The summed E-state index contributed by atoms with van der Waals surface area (Å²) in [5.41, 5.74) is 1.07. The Bertz CT molecular complexity index is 369. The lowest BCUT2D eigenvalue weighted by molar-refractivity contribution is 0.483. The van der Waals surface area contributed by atoms with Crippen molar-refractivity contribution in [3.63, 3.8) is 0 Å². The fraction of sp³-hybridized carbons (Fsp3) is 0.250. The predicted molar refractivity (Wildman–Crippen MR) is 58.8 cm³/mol. The SMILES string of the molecule is O=S(=O)(O)c1ccc(CCI)cc1. The smallest absolute Gasteiger partial charge is 0.282 e. The van der Waals surface area contributed by atoms with Crippen molar-refractivity contribution >= 4 is 32.7 Å². The molecule has 0 aliphatic heterocycles. The minimum absolute atomic E-state index is 0.0512. The molecule has 1 N–H and O–H groups in total. The van der Waals surface area contributed by atoms with E-state index in [0.29, 0.717) is 0 Å². The minimum atomic E-state index is -4.04. The van der Waals surface area contributed by atoms with E-state index >= 15 is 0 Å². The standard InChI is InChI=1S/C8H9IO3S/c9-6-5-7-1-3-8(4-2-7)13(10,11)12/h1-4H,5-6H2,(H,10,11,12). The monoisotopic (exact) mass is 312 g/mol. The van der Waals surface area contributed by atoms with Gasteiger partial charge in [0.1, 0.15) is 0 Å². The molecule has 0 saturated carbocycles. The maximum atomic E-state index is 10.7. The molecule has 5 heteroatoms. The van der Waals surface area contributed by atoms with Crippen LogP contribution in [0.4, 0.5) is 0 Å². The molecule has 0 radical (unpaired) electrons. The molecular formula is C8H9IO3S. The second-order valence-electron chi connectivity index (χ2n) is 2.56. The fourth-order valence-corrected chi connectivity index (χ4v) is 2.04. The molecule has 0 atom stereocenters. The predicted octanol–water partition coefficient (Wildman–Crippen LogP) is 1.91. The molecule has 0 amide bonds. The van der Waals surface area contributed by atoms with Crippen LogP contribution in [-0.2, 0) is 16.5 Å². The first-order chi connectivity index (χ1) is 6.04. The lowest BCUT2D eigenvalue weighted by Gasteiger charge is -1.99. The van der Waals surface area contributed by atoms with Crippen LogP contribution in [0.15, 0.2) is 29.2 Å². The van der Waals surface area contributed by atoms with Crippen LogP contribution in [0.5, 0.6) is 0 Å². The number of halogens is 1. The molecule has 1 aromatic carbocycles. The third-order valence-electron chi connectivity index (χ3n) is 1.60. The Morgan fingerprint density at radius 1 is 1.23 bits per heavy atom. The van der Waals surface area contributed by atoms with Crippen LogP contribution in [0.3, 0.4) is 0 Å². The van der Waals surface area contributed by atoms with Gasteiger partial charge in [-0.25, -0.2) is 0 Å². The third kappa shape index (κ3) is 3.24. The van der Waals surface area contributed by atoms with E-state index < -0.39 is 10.1 Å². The van der Waals surface area contributed by atoms with Crippen molar-refractivity contribution in [2.45, 2.75) is 11.3 Å². The van der Waals surface area contributed by atoms with Crippen molar-refractivity contribution in [1.29, 1.82) is 0 Å². The first-order valence-corrected chi connectivity index (χ1v) is 6.63. The Labute approximate surface area is 91.1 Å². The number of hydrogen-bond donors (Lipinski definition) is 1. The quantitative estimate of drug-likeness (QED) is 0.527. The fourth-order valence-electron chi connectivity index (χ4n) is 0.937. The molecule has 0 unspecified atom stereocenters. The Morgan fingerprint density at radius 3 is 2.15 bits per heavy atom. The van der Waals surface area contributed by atoms with E-state index in [2.05, 4.69) is 22.6 Å². The summed E-state index contributed by atoms with van der Waals surface area (Å²) >= 11 is 2.25. The Kier molecular flexibility index (Phi) is 3.69. The Morgan fingerprint density at radius 2 is 1.77 bits per heavy atom. The average Bonchev–Trinajstić information content (AvgIpc) is 2.04. The van der Waals surface area contributed by atoms with Crippen molar-refractivity contribution in [3.8, 4) is 0 Å². The molecule has 0 heterocycles. The summed E-state index contributed by atoms with van der Waals surface area (Å²) in [5, 5.41) is 0. The second-order valence-corrected chi connectivity index (χ2v) is 5.06. The molecule has 0 saturated heterocycles. The number of benzene rings is 1. The average molecular weight is 312 g/mol. The van der Waals surface area contributed by atoms with Gasteiger partial charge in [0, 0.05) is 4.43 Å². The van der Waals surface area contributed by atoms with Gasteiger partial charge in [0.05, 0.1) is 4.90 Å². The Balaban J connectivity index is 2.94. The van der Waals surface area contributed by atoms with Gasteiger partial charge in [-0.3, -0.25) is 4.55 Å². The van der Waals surface area contributed by atoms with E-state index in [-0.39, 0.29) is 4.90 Å². The van der Waals surface area contributed by atoms with Gasteiger partial charge in [-0.05, 0) is 24.1 Å². The van der Waals surface area contributed by atoms with Crippen molar-refractivity contribution < 1.29 is 13.0 Å². The van der Waals surface area contributed by atoms with Crippen molar-refractivity contribution in [1.82, 2.24) is 0 Å². The highest BCUT2D eigenvalue weighted by Crippen LogP contribution is 2.10. The lowest BCUT2D eigenvalue weighted by Crippen LogP contribution is -1.97. The van der Waals surface area contributed by atoms with Crippen LogP contribution in [0, 0.1) is 0 Å². The summed E-state index contributed by atoms with van der Waals surface area (Å²) in [6, 6.07) is 6.25. The summed E-state index contributed by atoms with van der Waals surface area (Å²) in [4.78, 5) is -0.0512. The topological polar surface area (TPSA) is 54.4 Å². The molecule has 0 aliphatic carbocycles. The van der Waals surface area contributed by atoms with Gasteiger partial charge < -0.3 is 0 Å². The molecule has 72 valence electrons. The van der Waals surface area contributed by atoms with E-state index in [0.717, 1.165) is 16.4 Å². The van der Waals surface area contributed by atoms with E-state index in [9.17, 15) is 8.42 Å². The van der Waals surface area contributed by atoms with Crippen molar-refractivity contribution in [2.75, 3.05) is 4.43 Å². The molecule has 0 aliphatic rings. The summed E-state index contributed by atoms with van der Waals surface area (Å²) in [5.74, 6) is 0. The third-order valence-corrected chi connectivity index (χ3v) is 3.01. The maximum Gasteiger partial charge on any atom is 0.294 e. The summed E-state index contributed by atoms with van der Waals surface area (Å²) in [6.45, 7) is 0. The molecule has 1 aromatic rings. The molecule has 0 bridgehead atoms. The van der Waals surface area contributed by atoms with Gasteiger partial charge in [0.15, 0.2) is 0 Å². The van der Waals surface area contributed by atoms with E-state index in [1.54, 1.807) is 12.1 Å². The maximum absolute atomic E-state index is 10.7.